The lowest BCUT2D eigenvalue weighted by Crippen LogP contribution is -2.50. The van der Waals surface area contributed by atoms with Crippen LogP contribution in [0.2, 0.25) is 5.02 Å². The number of carbonyl (C=O) groups is 1. The lowest BCUT2D eigenvalue weighted by molar-refractivity contribution is -0.122. The zero-order valence-corrected chi connectivity index (χ0v) is 12.9. The molecule has 2 rings (SSSR count). The van der Waals surface area contributed by atoms with Crippen molar-refractivity contribution in [2.75, 3.05) is 19.0 Å². The predicted octanol–water partition coefficient (Wildman–Crippen LogP) is 3.13. The Bertz CT molecular complexity index is 511. The Hall–Kier alpha value is -1.26. The normalized spacial score (nSPS) is 21.8. The molecule has 1 amide bonds. The Balaban J connectivity index is 2.25. The van der Waals surface area contributed by atoms with E-state index in [2.05, 4.69) is 10.6 Å². The minimum atomic E-state index is -0.460. The molecule has 0 aliphatic carbocycles. The van der Waals surface area contributed by atoms with Gasteiger partial charge in [0.05, 0.1) is 18.3 Å². The van der Waals surface area contributed by atoms with Crippen molar-refractivity contribution in [3.8, 4) is 5.75 Å². The molecule has 1 atom stereocenters. The summed E-state index contributed by atoms with van der Waals surface area (Å²) in [6.45, 7) is 4.82. The summed E-state index contributed by atoms with van der Waals surface area (Å²) in [5.41, 5.74) is 1.12. The highest BCUT2D eigenvalue weighted by Crippen LogP contribution is 2.32. The molecule has 2 N–H and O–H groups in total. The molecule has 4 nitrogen and oxygen atoms in total. The SMILES string of the molecule is CCC1(C(=O)Nc2cc(C)c(Cl)cc2OC)CCCN1. The van der Waals surface area contributed by atoms with E-state index in [4.69, 9.17) is 16.3 Å². The third-order valence-electron chi connectivity index (χ3n) is 4.01. The summed E-state index contributed by atoms with van der Waals surface area (Å²) in [6.07, 6.45) is 2.66. The number of hydrogen-bond donors (Lipinski definition) is 2. The van der Waals surface area contributed by atoms with Gasteiger partial charge in [0.15, 0.2) is 0 Å². The summed E-state index contributed by atoms with van der Waals surface area (Å²) in [7, 11) is 1.57. The maximum Gasteiger partial charge on any atom is 0.244 e. The van der Waals surface area contributed by atoms with Crippen molar-refractivity contribution in [2.45, 2.75) is 38.6 Å². The van der Waals surface area contributed by atoms with Crippen LogP contribution in [0.25, 0.3) is 0 Å². The van der Waals surface area contributed by atoms with Gasteiger partial charge in [0.2, 0.25) is 5.91 Å². The number of nitrogens with one attached hydrogen (secondary N) is 2. The summed E-state index contributed by atoms with van der Waals surface area (Å²) in [4.78, 5) is 12.6. The fourth-order valence-corrected chi connectivity index (χ4v) is 2.79. The van der Waals surface area contributed by atoms with Gasteiger partial charge in [0, 0.05) is 11.1 Å². The van der Waals surface area contributed by atoms with Gasteiger partial charge in [0.25, 0.3) is 0 Å². The molecule has 5 heteroatoms. The molecule has 20 heavy (non-hydrogen) atoms. The summed E-state index contributed by atoms with van der Waals surface area (Å²) >= 11 is 6.08. The van der Waals surface area contributed by atoms with E-state index in [0.717, 1.165) is 31.4 Å². The first-order valence-corrected chi connectivity index (χ1v) is 7.31. The van der Waals surface area contributed by atoms with Gasteiger partial charge >= 0.3 is 0 Å². The number of methoxy groups -OCH3 is 1. The van der Waals surface area contributed by atoms with E-state index in [0.29, 0.717) is 16.5 Å². The average Bonchev–Trinajstić information content (AvgIpc) is 2.92. The summed E-state index contributed by atoms with van der Waals surface area (Å²) in [5.74, 6) is 0.579. The van der Waals surface area contributed by atoms with Crippen molar-refractivity contribution in [3.63, 3.8) is 0 Å². The van der Waals surface area contributed by atoms with Crippen LogP contribution in [0.15, 0.2) is 12.1 Å². The van der Waals surface area contributed by atoms with Crippen LogP contribution in [0.5, 0.6) is 5.75 Å². The number of hydrogen-bond acceptors (Lipinski definition) is 3. The summed E-state index contributed by atoms with van der Waals surface area (Å²) in [5, 5.41) is 6.93. The molecule has 1 aromatic rings. The maximum absolute atomic E-state index is 12.6. The first-order chi connectivity index (χ1) is 9.52. The Kier molecular flexibility index (Phi) is 4.55. The van der Waals surface area contributed by atoms with Crippen molar-refractivity contribution in [2.24, 2.45) is 0 Å². The van der Waals surface area contributed by atoms with Gasteiger partial charge < -0.3 is 15.4 Å². The Morgan fingerprint density at radius 1 is 1.55 bits per heavy atom. The smallest absolute Gasteiger partial charge is 0.244 e. The quantitative estimate of drug-likeness (QED) is 0.897. The molecule has 0 radical (unpaired) electrons. The standard InChI is InChI=1S/C15H21ClN2O2/c1-4-15(6-5-7-17-15)14(19)18-12-8-10(2)11(16)9-13(12)20-3/h8-9,17H,4-7H2,1-3H3,(H,18,19). The van der Waals surface area contributed by atoms with Gasteiger partial charge in [-0.25, -0.2) is 0 Å². The number of ether oxygens (including phenoxy) is 1. The van der Waals surface area contributed by atoms with Crippen LogP contribution in [-0.4, -0.2) is 25.1 Å². The molecular formula is C15H21ClN2O2. The predicted molar refractivity (Wildman–Crippen MR) is 81.6 cm³/mol. The number of amides is 1. The van der Waals surface area contributed by atoms with E-state index in [1.54, 1.807) is 13.2 Å². The maximum atomic E-state index is 12.6. The third kappa shape index (κ3) is 2.76. The van der Waals surface area contributed by atoms with Gasteiger partial charge in [-0.1, -0.05) is 18.5 Å². The van der Waals surface area contributed by atoms with Crippen LogP contribution in [0.3, 0.4) is 0 Å². The number of halogens is 1. The lowest BCUT2D eigenvalue weighted by Gasteiger charge is -2.27. The molecule has 0 saturated carbocycles. The van der Waals surface area contributed by atoms with Crippen LogP contribution >= 0.6 is 11.6 Å². The van der Waals surface area contributed by atoms with Gasteiger partial charge in [-0.05, 0) is 44.4 Å². The highest BCUT2D eigenvalue weighted by Gasteiger charge is 2.39. The van der Waals surface area contributed by atoms with Crippen LogP contribution in [0.4, 0.5) is 5.69 Å². The van der Waals surface area contributed by atoms with E-state index in [1.807, 2.05) is 19.9 Å². The molecule has 1 aliphatic rings. The molecular weight excluding hydrogens is 276 g/mol. The molecule has 110 valence electrons. The second-order valence-corrected chi connectivity index (χ2v) is 5.63. The molecule has 0 bridgehead atoms. The van der Waals surface area contributed by atoms with E-state index in [-0.39, 0.29) is 5.91 Å². The minimum absolute atomic E-state index is 0.00229. The number of aryl methyl sites for hydroxylation is 1. The van der Waals surface area contributed by atoms with Crippen molar-refractivity contribution < 1.29 is 9.53 Å². The van der Waals surface area contributed by atoms with Gasteiger partial charge in [-0.3, -0.25) is 4.79 Å². The van der Waals surface area contributed by atoms with Crippen molar-refractivity contribution in [1.29, 1.82) is 0 Å². The first kappa shape index (κ1) is 15.1. The average molecular weight is 297 g/mol. The zero-order valence-electron chi connectivity index (χ0n) is 12.2. The highest BCUT2D eigenvalue weighted by atomic mass is 35.5. The van der Waals surface area contributed by atoms with Crippen LogP contribution in [0.1, 0.15) is 31.7 Å². The van der Waals surface area contributed by atoms with E-state index in [1.165, 1.54) is 0 Å². The van der Waals surface area contributed by atoms with Gasteiger partial charge in [-0.15, -0.1) is 0 Å². The largest absolute Gasteiger partial charge is 0.495 e. The van der Waals surface area contributed by atoms with Gasteiger partial charge in [-0.2, -0.15) is 0 Å². The van der Waals surface area contributed by atoms with E-state index >= 15 is 0 Å². The minimum Gasteiger partial charge on any atom is -0.495 e. The van der Waals surface area contributed by atoms with Crippen LogP contribution < -0.4 is 15.4 Å². The number of rotatable bonds is 4. The Morgan fingerprint density at radius 3 is 2.85 bits per heavy atom. The topological polar surface area (TPSA) is 50.4 Å². The first-order valence-electron chi connectivity index (χ1n) is 6.93. The molecule has 0 spiro atoms. The Labute approximate surface area is 124 Å². The number of benzene rings is 1. The second-order valence-electron chi connectivity index (χ2n) is 5.22. The van der Waals surface area contributed by atoms with E-state index in [9.17, 15) is 4.79 Å². The molecule has 1 saturated heterocycles. The van der Waals surface area contributed by atoms with Crippen molar-refractivity contribution in [3.05, 3.63) is 22.7 Å². The second kappa shape index (κ2) is 6.02. The number of carbonyl (C=O) groups excluding carboxylic acids is 1. The fourth-order valence-electron chi connectivity index (χ4n) is 2.63. The highest BCUT2D eigenvalue weighted by molar-refractivity contribution is 6.31. The van der Waals surface area contributed by atoms with Gasteiger partial charge in [0.1, 0.15) is 5.75 Å². The molecule has 1 fully saturated rings. The van der Waals surface area contributed by atoms with E-state index < -0.39 is 5.54 Å². The van der Waals surface area contributed by atoms with Crippen molar-refractivity contribution >= 4 is 23.2 Å². The van der Waals surface area contributed by atoms with Crippen molar-refractivity contribution in [1.82, 2.24) is 5.32 Å². The molecule has 1 heterocycles. The van der Waals surface area contributed by atoms with Crippen LogP contribution in [0, 0.1) is 6.92 Å². The summed E-state index contributed by atoms with van der Waals surface area (Å²) < 4.78 is 5.29. The Morgan fingerprint density at radius 2 is 2.30 bits per heavy atom. The third-order valence-corrected chi connectivity index (χ3v) is 4.42. The molecule has 1 unspecified atom stereocenters. The number of anilines is 1. The zero-order chi connectivity index (χ0) is 14.8. The molecule has 1 aliphatic heterocycles. The fraction of sp³-hybridized carbons (Fsp3) is 0.533. The summed E-state index contributed by atoms with van der Waals surface area (Å²) in [6, 6.07) is 3.57. The van der Waals surface area contributed by atoms with Crippen LogP contribution in [-0.2, 0) is 4.79 Å². The monoisotopic (exact) mass is 296 g/mol. The molecule has 1 aromatic carbocycles. The lowest BCUT2D eigenvalue weighted by atomic mass is 9.93. The molecule has 0 aromatic heterocycles.